The smallest absolute Gasteiger partial charge is 0.144 e. The van der Waals surface area contributed by atoms with Crippen LogP contribution in [0.2, 0.25) is 0 Å². The molecule has 0 aliphatic rings. The highest BCUT2D eigenvalue weighted by atomic mass is 31.2. The molecule has 1 aromatic heterocycles. The van der Waals surface area contributed by atoms with Crippen LogP contribution in [0.25, 0.3) is 10.9 Å². The van der Waals surface area contributed by atoms with Crippen LogP contribution < -0.4 is 21.2 Å². The molecule has 4 aromatic carbocycles. The Kier molecular flexibility index (Phi) is 4.31. The monoisotopic (exact) mass is 378 g/mol. The summed E-state index contributed by atoms with van der Waals surface area (Å²) < 4.78 is 0. The van der Waals surface area contributed by atoms with Crippen LogP contribution in [-0.2, 0) is 0 Å². The molecule has 1 heterocycles. The Morgan fingerprint density at radius 2 is 0.964 bits per heavy atom. The van der Waals surface area contributed by atoms with Crippen LogP contribution in [0.4, 0.5) is 0 Å². The van der Waals surface area contributed by atoms with Gasteiger partial charge in [0.05, 0.1) is 0 Å². The number of nitrogens with one attached hydrogen (secondary N) is 1. The molecule has 0 amide bonds. The second kappa shape index (κ2) is 7.11. The molecule has 0 aliphatic heterocycles. The number of fused-ring (bicyclic) bond motifs is 1. The van der Waals surface area contributed by atoms with E-state index in [0.29, 0.717) is 0 Å². The molecule has 0 saturated heterocycles. The molecule has 0 bridgehead atoms. The van der Waals surface area contributed by atoms with Gasteiger partial charge in [0, 0.05) is 17.1 Å². The van der Waals surface area contributed by atoms with E-state index >= 15 is 0 Å². The number of hydrogen-bond acceptors (Lipinski definition) is 0. The van der Waals surface area contributed by atoms with Crippen molar-refractivity contribution in [3.8, 4) is 0 Å². The van der Waals surface area contributed by atoms with Gasteiger partial charge in [0.2, 0.25) is 0 Å². The van der Waals surface area contributed by atoms with E-state index in [2.05, 4.69) is 120 Å². The van der Waals surface area contributed by atoms with E-state index in [-0.39, 0.29) is 0 Å². The first-order valence-corrected chi connectivity index (χ1v) is 11.3. The van der Waals surface area contributed by atoms with Crippen molar-refractivity contribution >= 4 is 39.4 Å². The molecule has 1 nitrogen and oxygen atoms in total. The topological polar surface area (TPSA) is 15.8 Å². The average Bonchev–Trinajstić information content (AvgIpc) is 3.25. The molecule has 134 valence electrons. The minimum atomic E-state index is -2.00. The summed E-state index contributed by atoms with van der Waals surface area (Å²) in [6.45, 7) is 0. The number of H-pyrrole nitrogens is 1. The fourth-order valence-corrected chi connectivity index (χ4v) is 8.38. The number of aromatic amines is 1. The van der Waals surface area contributed by atoms with Crippen LogP contribution in [0, 0.1) is 0 Å². The summed E-state index contributed by atoms with van der Waals surface area (Å²) in [5.74, 6) is 0. The summed E-state index contributed by atoms with van der Waals surface area (Å²) in [5.41, 5.74) is 1.18. The Morgan fingerprint density at radius 3 is 1.46 bits per heavy atom. The largest absolute Gasteiger partial charge is 0.361 e. The van der Waals surface area contributed by atoms with E-state index in [9.17, 15) is 0 Å². The Hall–Kier alpha value is -3.15. The maximum atomic E-state index is 3.33. The fraction of sp³-hybridized carbons (Fsp3) is 0. The van der Waals surface area contributed by atoms with Gasteiger partial charge in [0.15, 0.2) is 0 Å². The number of benzene rings is 4. The lowest BCUT2D eigenvalue weighted by atomic mass is 10.2. The van der Waals surface area contributed by atoms with Gasteiger partial charge in [-0.25, -0.2) is 0 Å². The average molecular weight is 378 g/mol. The van der Waals surface area contributed by atoms with Gasteiger partial charge in [-0.15, -0.1) is 0 Å². The first-order chi connectivity index (χ1) is 13.9. The number of hydrogen-bond donors (Lipinski definition) is 1. The zero-order chi connectivity index (χ0) is 18.8. The quantitative estimate of drug-likeness (QED) is 0.433. The molecule has 28 heavy (non-hydrogen) atoms. The van der Waals surface area contributed by atoms with E-state index in [0.717, 1.165) is 0 Å². The van der Waals surface area contributed by atoms with Crippen LogP contribution >= 0.6 is 7.26 Å². The van der Waals surface area contributed by atoms with Crippen LogP contribution in [0.15, 0.2) is 121 Å². The molecule has 0 unspecified atom stereocenters. The standard InChI is InChI=1S/C26H21NP/c1-4-10-22(11-5-1)28(23-12-6-2-7-13-23,24-14-8-3-9-15-24)25-16-17-26-21(20-25)18-19-27-26/h1-20,27H/q+1. The van der Waals surface area contributed by atoms with E-state index in [1.807, 2.05) is 6.20 Å². The third kappa shape index (κ3) is 2.68. The maximum Gasteiger partial charge on any atom is 0.144 e. The predicted octanol–water partition coefficient (Wildman–Crippen LogP) is 4.79. The normalized spacial score (nSPS) is 11.6. The molecule has 5 aromatic rings. The Morgan fingerprint density at radius 1 is 0.464 bits per heavy atom. The lowest BCUT2D eigenvalue weighted by Crippen LogP contribution is -2.38. The lowest BCUT2D eigenvalue weighted by Gasteiger charge is -2.27. The number of rotatable bonds is 4. The van der Waals surface area contributed by atoms with Crippen molar-refractivity contribution in [1.82, 2.24) is 4.98 Å². The molecule has 0 saturated carbocycles. The van der Waals surface area contributed by atoms with Gasteiger partial charge in [-0.3, -0.25) is 0 Å². The molecule has 1 N–H and O–H groups in total. The first kappa shape index (κ1) is 17.0. The SMILES string of the molecule is c1ccc([P+](c2ccccc2)(c2ccccc2)c2ccc3[nH]ccc3c2)cc1. The highest BCUT2D eigenvalue weighted by Gasteiger charge is 2.47. The van der Waals surface area contributed by atoms with Crippen molar-refractivity contribution in [3.05, 3.63) is 121 Å². The highest BCUT2D eigenvalue weighted by Crippen LogP contribution is 2.54. The third-order valence-electron chi connectivity index (χ3n) is 5.35. The molecule has 5 rings (SSSR count). The van der Waals surface area contributed by atoms with Gasteiger partial charge in [0.25, 0.3) is 0 Å². The molecular formula is C26H21NP+. The van der Waals surface area contributed by atoms with Crippen molar-refractivity contribution in [2.45, 2.75) is 0 Å². The van der Waals surface area contributed by atoms with Crippen molar-refractivity contribution in [3.63, 3.8) is 0 Å². The fourth-order valence-electron chi connectivity index (χ4n) is 4.10. The molecule has 2 heteroatoms. The second-order valence-corrected chi connectivity index (χ2v) is 10.3. The maximum absolute atomic E-state index is 3.33. The third-order valence-corrected chi connectivity index (χ3v) is 9.63. The predicted molar refractivity (Wildman–Crippen MR) is 123 cm³/mol. The molecule has 0 spiro atoms. The minimum absolute atomic E-state index is 1.18. The summed E-state index contributed by atoms with van der Waals surface area (Å²) in [6.07, 6.45) is 2.02. The summed E-state index contributed by atoms with van der Waals surface area (Å²) in [5, 5.41) is 6.76. The Labute approximate surface area is 166 Å². The molecule has 0 fully saturated rings. The zero-order valence-corrected chi connectivity index (χ0v) is 16.4. The minimum Gasteiger partial charge on any atom is -0.361 e. The van der Waals surface area contributed by atoms with Crippen LogP contribution in [0.3, 0.4) is 0 Å². The van der Waals surface area contributed by atoms with Crippen LogP contribution in [-0.4, -0.2) is 4.98 Å². The van der Waals surface area contributed by atoms with Gasteiger partial charge < -0.3 is 4.98 Å². The van der Waals surface area contributed by atoms with Crippen molar-refractivity contribution in [2.24, 2.45) is 0 Å². The van der Waals surface area contributed by atoms with E-state index in [1.165, 1.54) is 32.1 Å². The Bertz CT molecular complexity index is 1100. The zero-order valence-electron chi connectivity index (χ0n) is 15.5. The van der Waals surface area contributed by atoms with Crippen LogP contribution in [0.1, 0.15) is 0 Å². The molecular weight excluding hydrogens is 357 g/mol. The Balaban J connectivity index is 1.92. The highest BCUT2D eigenvalue weighted by molar-refractivity contribution is 8.01. The van der Waals surface area contributed by atoms with Gasteiger partial charge in [0.1, 0.15) is 28.5 Å². The first-order valence-electron chi connectivity index (χ1n) is 9.53. The second-order valence-electron chi connectivity index (χ2n) is 6.93. The van der Waals surface area contributed by atoms with E-state index in [1.54, 1.807) is 0 Å². The molecule has 0 atom stereocenters. The van der Waals surface area contributed by atoms with Gasteiger partial charge in [-0.2, -0.15) is 0 Å². The van der Waals surface area contributed by atoms with Crippen molar-refractivity contribution in [2.75, 3.05) is 0 Å². The summed E-state index contributed by atoms with van der Waals surface area (Å²) >= 11 is 0. The lowest BCUT2D eigenvalue weighted by molar-refractivity contribution is 1.48. The molecule has 0 radical (unpaired) electrons. The van der Waals surface area contributed by atoms with Crippen LogP contribution in [0.5, 0.6) is 0 Å². The summed E-state index contributed by atoms with van der Waals surface area (Å²) in [4.78, 5) is 3.33. The van der Waals surface area contributed by atoms with Gasteiger partial charge >= 0.3 is 0 Å². The van der Waals surface area contributed by atoms with Gasteiger partial charge in [-0.05, 0) is 60.7 Å². The van der Waals surface area contributed by atoms with E-state index < -0.39 is 7.26 Å². The van der Waals surface area contributed by atoms with Crippen molar-refractivity contribution < 1.29 is 0 Å². The summed E-state index contributed by atoms with van der Waals surface area (Å²) in [6, 6.07) is 42.0. The number of aromatic nitrogens is 1. The van der Waals surface area contributed by atoms with Crippen molar-refractivity contribution in [1.29, 1.82) is 0 Å². The summed E-state index contributed by atoms with van der Waals surface area (Å²) in [7, 11) is -2.00. The van der Waals surface area contributed by atoms with Gasteiger partial charge in [-0.1, -0.05) is 54.6 Å². The van der Waals surface area contributed by atoms with E-state index in [4.69, 9.17) is 0 Å². The molecule has 0 aliphatic carbocycles.